The van der Waals surface area contributed by atoms with Crippen LogP contribution < -0.4 is 4.90 Å². The SMILES string of the molecule is CCS(=O)(=O)c1ccc(N(C(=O)O)C2CC[C@@]3(C)C(=CC[C@H]4[C@@H]5CC[C@H]([C@H](C)CCCC(C)C)[C@@]5(C)CC[C@@H]43)C2)cc1. The van der Waals surface area contributed by atoms with Crippen LogP contribution in [-0.2, 0) is 9.84 Å². The van der Waals surface area contributed by atoms with Crippen LogP contribution >= 0.6 is 0 Å². The molecule has 6 heteroatoms. The van der Waals surface area contributed by atoms with Gasteiger partial charge in [0.1, 0.15) is 0 Å². The topological polar surface area (TPSA) is 74.7 Å². The Morgan fingerprint density at radius 2 is 1.71 bits per heavy atom. The van der Waals surface area contributed by atoms with Gasteiger partial charge in [-0.25, -0.2) is 13.2 Å². The smallest absolute Gasteiger partial charge is 0.412 e. The maximum atomic E-state index is 12.5. The average Bonchev–Trinajstić information content (AvgIpc) is 3.30. The summed E-state index contributed by atoms with van der Waals surface area (Å²) in [5.74, 6) is 4.76. The molecule has 4 aliphatic carbocycles. The first-order valence-corrected chi connectivity index (χ1v) is 18.5. The molecule has 0 radical (unpaired) electrons. The van der Waals surface area contributed by atoms with Gasteiger partial charge in [-0.05, 0) is 122 Å². The van der Waals surface area contributed by atoms with E-state index in [0.29, 0.717) is 17.0 Å². The zero-order chi connectivity index (χ0) is 30.4. The van der Waals surface area contributed by atoms with Crippen molar-refractivity contribution in [3.05, 3.63) is 35.9 Å². The standard InChI is InChI=1S/C36H55NO4S/c1-7-42(40,41)29-14-12-27(13-15-29)37(34(38)39)28-19-21-35(5)26(23-28)11-16-30-32-18-17-31(25(4)10-8-9-24(2)3)36(32,6)22-20-33(30)35/h11-15,24-25,28,30-33H,7-10,16-23H2,1-6H3,(H,38,39)/t25-,28?,30+,31-,32+,33+,35+,36-/m1/s1. The second-order valence-corrected chi connectivity index (χ2v) is 17.5. The number of amides is 1. The number of carbonyl (C=O) groups is 1. The van der Waals surface area contributed by atoms with Crippen LogP contribution in [0.1, 0.15) is 112 Å². The lowest BCUT2D eigenvalue weighted by Crippen LogP contribution is -2.52. The fourth-order valence-electron chi connectivity index (χ4n) is 10.3. The van der Waals surface area contributed by atoms with Gasteiger partial charge in [-0.3, -0.25) is 4.90 Å². The van der Waals surface area contributed by atoms with E-state index in [1.54, 1.807) is 31.2 Å². The number of sulfone groups is 1. The Hall–Kier alpha value is -1.82. The summed E-state index contributed by atoms with van der Waals surface area (Å²) in [4.78, 5) is 14.3. The Morgan fingerprint density at radius 1 is 1.00 bits per heavy atom. The van der Waals surface area contributed by atoms with Gasteiger partial charge in [-0.15, -0.1) is 0 Å². The highest BCUT2D eigenvalue weighted by molar-refractivity contribution is 7.91. The van der Waals surface area contributed by atoms with Crippen molar-refractivity contribution in [2.45, 2.75) is 123 Å². The zero-order valence-corrected chi connectivity index (χ0v) is 27.8. The number of benzene rings is 1. The molecule has 5 rings (SSSR count). The fraction of sp³-hybridized carbons (Fsp3) is 0.750. The molecule has 4 aliphatic rings. The average molecular weight is 598 g/mol. The second-order valence-electron chi connectivity index (χ2n) is 15.2. The molecule has 1 unspecified atom stereocenters. The van der Waals surface area contributed by atoms with Crippen molar-refractivity contribution in [3.8, 4) is 0 Å². The third-order valence-corrected chi connectivity index (χ3v) is 14.5. The first-order chi connectivity index (χ1) is 19.8. The van der Waals surface area contributed by atoms with E-state index in [4.69, 9.17) is 0 Å². The van der Waals surface area contributed by atoms with Gasteiger partial charge in [0.15, 0.2) is 9.84 Å². The number of hydrogen-bond acceptors (Lipinski definition) is 3. The Kier molecular flexibility index (Phi) is 8.98. The third kappa shape index (κ3) is 5.59. The van der Waals surface area contributed by atoms with Crippen molar-refractivity contribution in [1.29, 1.82) is 0 Å². The maximum absolute atomic E-state index is 12.5. The van der Waals surface area contributed by atoms with Crippen LogP contribution in [0.4, 0.5) is 10.5 Å². The van der Waals surface area contributed by atoms with Crippen molar-refractivity contribution in [3.63, 3.8) is 0 Å². The van der Waals surface area contributed by atoms with E-state index in [2.05, 4.69) is 40.7 Å². The Balaban J connectivity index is 1.31. The van der Waals surface area contributed by atoms with Crippen LogP contribution in [0.2, 0.25) is 0 Å². The summed E-state index contributed by atoms with van der Waals surface area (Å²) < 4.78 is 24.6. The lowest BCUT2D eigenvalue weighted by atomic mass is 9.46. The van der Waals surface area contributed by atoms with Gasteiger partial charge >= 0.3 is 6.09 Å². The quantitative estimate of drug-likeness (QED) is 0.288. The summed E-state index contributed by atoms with van der Waals surface area (Å²) in [6.45, 7) is 14.0. The molecule has 3 saturated carbocycles. The monoisotopic (exact) mass is 597 g/mol. The highest BCUT2D eigenvalue weighted by Gasteiger charge is 2.59. The van der Waals surface area contributed by atoms with Crippen LogP contribution in [0.5, 0.6) is 0 Å². The van der Waals surface area contributed by atoms with Crippen LogP contribution in [0.15, 0.2) is 40.8 Å². The van der Waals surface area contributed by atoms with Gasteiger partial charge in [0.25, 0.3) is 0 Å². The van der Waals surface area contributed by atoms with E-state index in [9.17, 15) is 18.3 Å². The number of hydrogen-bond donors (Lipinski definition) is 1. The number of allylic oxidation sites excluding steroid dienone is 1. The summed E-state index contributed by atoms with van der Waals surface area (Å²) in [6.07, 6.45) is 14.9. The van der Waals surface area contributed by atoms with Crippen molar-refractivity contribution < 1.29 is 18.3 Å². The minimum Gasteiger partial charge on any atom is -0.465 e. The van der Waals surface area contributed by atoms with Gasteiger partial charge in [0.2, 0.25) is 0 Å². The first-order valence-electron chi connectivity index (χ1n) is 16.9. The molecular formula is C36H55NO4S. The van der Waals surface area contributed by atoms with Crippen LogP contribution in [-0.4, -0.2) is 31.4 Å². The van der Waals surface area contributed by atoms with Crippen LogP contribution in [0.25, 0.3) is 0 Å². The zero-order valence-electron chi connectivity index (χ0n) is 26.9. The molecule has 0 bridgehead atoms. The normalized spacial score (nSPS) is 35.1. The molecule has 1 amide bonds. The number of nitrogens with zero attached hydrogens (tertiary/aromatic N) is 1. The molecule has 1 N–H and O–H groups in total. The molecule has 42 heavy (non-hydrogen) atoms. The molecule has 0 aromatic heterocycles. The molecule has 3 fully saturated rings. The van der Waals surface area contributed by atoms with Gasteiger partial charge in [0, 0.05) is 11.7 Å². The molecular weight excluding hydrogens is 542 g/mol. The first kappa shape index (κ1) is 31.6. The maximum Gasteiger partial charge on any atom is 0.412 e. The molecule has 0 heterocycles. The Morgan fingerprint density at radius 3 is 2.36 bits per heavy atom. The van der Waals surface area contributed by atoms with Crippen molar-refractivity contribution in [2.24, 2.45) is 46.3 Å². The number of rotatable bonds is 9. The van der Waals surface area contributed by atoms with Crippen molar-refractivity contribution in [1.82, 2.24) is 0 Å². The Bertz CT molecular complexity index is 1270. The van der Waals surface area contributed by atoms with Gasteiger partial charge in [-0.2, -0.15) is 0 Å². The van der Waals surface area contributed by atoms with E-state index < -0.39 is 15.9 Å². The summed E-state index contributed by atoms with van der Waals surface area (Å²) in [7, 11) is -3.32. The van der Waals surface area contributed by atoms with Gasteiger partial charge in [0.05, 0.1) is 10.6 Å². The number of anilines is 1. The van der Waals surface area contributed by atoms with Gasteiger partial charge < -0.3 is 5.11 Å². The lowest BCUT2D eigenvalue weighted by molar-refractivity contribution is -0.0509. The summed E-state index contributed by atoms with van der Waals surface area (Å²) in [5.41, 5.74) is 2.66. The molecule has 0 saturated heterocycles. The molecule has 0 aliphatic heterocycles. The van der Waals surface area contributed by atoms with Crippen molar-refractivity contribution >= 4 is 21.6 Å². The predicted molar refractivity (Wildman–Crippen MR) is 172 cm³/mol. The minimum atomic E-state index is -3.32. The minimum absolute atomic E-state index is 0.0322. The van der Waals surface area contributed by atoms with E-state index >= 15 is 0 Å². The van der Waals surface area contributed by atoms with E-state index in [0.717, 1.165) is 55.3 Å². The molecule has 234 valence electrons. The Labute approximate surface area is 255 Å². The molecule has 1 aromatic carbocycles. The third-order valence-electron chi connectivity index (χ3n) is 12.7. The summed E-state index contributed by atoms with van der Waals surface area (Å²) >= 11 is 0. The largest absolute Gasteiger partial charge is 0.465 e. The summed E-state index contributed by atoms with van der Waals surface area (Å²) in [5, 5.41) is 10.3. The number of carboxylic acid groups (broad SMARTS) is 1. The van der Waals surface area contributed by atoms with E-state index in [1.807, 2.05) is 0 Å². The van der Waals surface area contributed by atoms with Crippen LogP contribution in [0, 0.1) is 46.3 Å². The van der Waals surface area contributed by atoms with Crippen molar-refractivity contribution in [2.75, 3.05) is 10.7 Å². The number of fused-ring (bicyclic) bond motifs is 5. The highest BCUT2D eigenvalue weighted by Crippen LogP contribution is 2.67. The molecule has 0 spiro atoms. The lowest BCUT2D eigenvalue weighted by Gasteiger charge is -2.59. The molecule has 8 atom stereocenters. The molecule has 1 aromatic rings. The highest BCUT2D eigenvalue weighted by atomic mass is 32.2. The van der Waals surface area contributed by atoms with Gasteiger partial charge in [-0.1, -0.05) is 72.5 Å². The predicted octanol–water partition coefficient (Wildman–Crippen LogP) is 9.37. The molecule has 5 nitrogen and oxygen atoms in total. The van der Waals surface area contributed by atoms with E-state index in [-0.39, 0.29) is 22.1 Å². The second kappa shape index (κ2) is 11.9. The van der Waals surface area contributed by atoms with Crippen LogP contribution in [0.3, 0.4) is 0 Å². The fourth-order valence-corrected chi connectivity index (χ4v) is 11.2. The van der Waals surface area contributed by atoms with E-state index in [1.165, 1.54) is 55.4 Å². The summed E-state index contributed by atoms with van der Waals surface area (Å²) in [6, 6.07) is 6.32.